The SMILES string of the molecule is CN=C(NCc1cccc(OC(F)F)c1)NCc1ccccc1Cn1cccn1.I. The van der Waals surface area contributed by atoms with Crippen molar-refractivity contribution in [1.29, 1.82) is 0 Å². The Bertz CT molecular complexity index is 935. The molecular weight excluding hydrogens is 503 g/mol. The van der Waals surface area contributed by atoms with Crippen LogP contribution in [0.4, 0.5) is 8.78 Å². The Morgan fingerprint density at radius 1 is 1.07 bits per heavy atom. The summed E-state index contributed by atoms with van der Waals surface area (Å²) >= 11 is 0. The van der Waals surface area contributed by atoms with Crippen LogP contribution < -0.4 is 15.4 Å². The summed E-state index contributed by atoms with van der Waals surface area (Å²) in [6.45, 7) is -1.14. The third kappa shape index (κ3) is 7.29. The Morgan fingerprint density at radius 2 is 1.83 bits per heavy atom. The highest BCUT2D eigenvalue weighted by atomic mass is 127. The van der Waals surface area contributed by atoms with Crippen LogP contribution in [0.15, 0.2) is 72.0 Å². The van der Waals surface area contributed by atoms with Gasteiger partial charge in [0.15, 0.2) is 5.96 Å². The molecule has 0 aliphatic rings. The fraction of sp³-hybridized carbons (Fsp3) is 0.238. The van der Waals surface area contributed by atoms with Crippen molar-refractivity contribution >= 4 is 29.9 Å². The van der Waals surface area contributed by atoms with Gasteiger partial charge in [0.2, 0.25) is 0 Å². The summed E-state index contributed by atoms with van der Waals surface area (Å²) in [6.07, 6.45) is 3.69. The normalized spacial score (nSPS) is 11.1. The van der Waals surface area contributed by atoms with Gasteiger partial charge in [0.25, 0.3) is 0 Å². The minimum Gasteiger partial charge on any atom is -0.435 e. The number of aliphatic imine (C=N–C) groups is 1. The van der Waals surface area contributed by atoms with Crippen LogP contribution in [0.5, 0.6) is 5.75 Å². The molecule has 0 saturated heterocycles. The molecule has 2 N–H and O–H groups in total. The van der Waals surface area contributed by atoms with Crippen molar-refractivity contribution in [3.63, 3.8) is 0 Å². The molecule has 0 unspecified atom stereocenters. The number of nitrogens with one attached hydrogen (secondary N) is 2. The molecule has 1 aromatic heterocycles. The molecule has 0 bridgehead atoms. The predicted octanol–water partition coefficient (Wildman–Crippen LogP) is 4.02. The maximum atomic E-state index is 12.4. The van der Waals surface area contributed by atoms with Gasteiger partial charge in [0, 0.05) is 32.5 Å². The average molecular weight is 527 g/mol. The first kappa shape index (κ1) is 23.6. The number of halogens is 3. The number of benzene rings is 2. The standard InChI is InChI=1S/C21H23F2N5O.HI/c1-24-21(25-13-16-6-4-9-19(12-16)29-20(22)23)26-14-17-7-2-3-8-18(17)15-28-11-5-10-27-28;/h2-12,20H,13-15H2,1H3,(H2,24,25,26);1H. The van der Waals surface area contributed by atoms with Gasteiger partial charge in [-0.15, -0.1) is 24.0 Å². The highest BCUT2D eigenvalue weighted by molar-refractivity contribution is 14.0. The summed E-state index contributed by atoms with van der Waals surface area (Å²) in [5.74, 6) is 0.744. The number of rotatable bonds is 8. The number of ether oxygens (including phenoxy) is 1. The highest BCUT2D eigenvalue weighted by Gasteiger charge is 2.07. The molecule has 30 heavy (non-hydrogen) atoms. The largest absolute Gasteiger partial charge is 0.435 e. The lowest BCUT2D eigenvalue weighted by atomic mass is 10.1. The molecule has 0 radical (unpaired) electrons. The minimum absolute atomic E-state index is 0. The van der Waals surface area contributed by atoms with E-state index in [2.05, 4.69) is 37.6 Å². The molecule has 1 heterocycles. The Hall–Kier alpha value is -2.69. The van der Waals surface area contributed by atoms with E-state index in [9.17, 15) is 8.78 Å². The summed E-state index contributed by atoms with van der Waals surface area (Å²) in [7, 11) is 1.68. The van der Waals surface area contributed by atoms with Crippen LogP contribution in [0, 0.1) is 0 Å². The summed E-state index contributed by atoms with van der Waals surface area (Å²) in [4.78, 5) is 4.22. The van der Waals surface area contributed by atoms with E-state index in [0.29, 0.717) is 25.6 Å². The molecular formula is C21H24F2IN5O. The highest BCUT2D eigenvalue weighted by Crippen LogP contribution is 2.16. The van der Waals surface area contributed by atoms with Crippen molar-refractivity contribution in [2.24, 2.45) is 4.99 Å². The van der Waals surface area contributed by atoms with Crippen molar-refractivity contribution in [3.05, 3.63) is 83.7 Å². The van der Waals surface area contributed by atoms with Crippen molar-refractivity contribution in [2.45, 2.75) is 26.2 Å². The fourth-order valence-corrected chi connectivity index (χ4v) is 2.87. The Balaban J connectivity index is 0.00000320. The summed E-state index contributed by atoms with van der Waals surface area (Å²) < 4.78 is 31.0. The van der Waals surface area contributed by atoms with Crippen LogP contribution in [0.2, 0.25) is 0 Å². The smallest absolute Gasteiger partial charge is 0.387 e. The van der Waals surface area contributed by atoms with Crippen molar-refractivity contribution in [1.82, 2.24) is 20.4 Å². The first-order valence-corrected chi connectivity index (χ1v) is 9.16. The number of aromatic nitrogens is 2. The van der Waals surface area contributed by atoms with Gasteiger partial charge in [0.05, 0.1) is 6.54 Å². The Morgan fingerprint density at radius 3 is 2.53 bits per heavy atom. The lowest BCUT2D eigenvalue weighted by Crippen LogP contribution is -2.36. The molecule has 3 aromatic rings. The van der Waals surface area contributed by atoms with E-state index in [1.54, 1.807) is 25.4 Å². The van der Waals surface area contributed by atoms with Crippen molar-refractivity contribution < 1.29 is 13.5 Å². The second kappa shape index (κ2) is 12.1. The third-order valence-electron chi connectivity index (χ3n) is 4.26. The van der Waals surface area contributed by atoms with E-state index in [0.717, 1.165) is 16.7 Å². The van der Waals surface area contributed by atoms with Crippen LogP contribution in [0.25, 0.3) is 0 Å². The van der Waals surface area contributed by atoms with E-state index >= 15 is 0 Å². The maximum Gasteiger partial charge on any atom is 0.387 e. The zero-order chi connectivity index (χ0) is 20.5. The van der Waals surface area contributed by atoms with Gasteiger partial charge >= 0.3 is 6.61 Å². The van der Waals surface area contributed by atoms with Crippen molar-refractivity contribution in [3.8, 4) is 5.75 Å². The number of alkyl halides is 2. The van der Waals surface area contributed by atoms with E-state index < -0.39 is 6.61 Å². The maximum absolute atomic E-state index is 12.4. The van der Waals surface area contributed by atoms with Crippen LogP contribution in [0.1, 0.15) is 16.7 Å². The van der Waals surface area contributed by atoms with Crippen LogP contribution in [0.3, 0.4) is 0 Å². The zero-order valence-corrected chi connectivity index (χ0v) is 18.8. The minimum atomic E-state index is -2.84. The molecule has 0 spiro atoms. The lowest BCUT2D eigenvalue weighted by molar-refractivity contribution is -0.0498. The first-order chi connectivity index (χ1) is 14.1. The van der Waals surface area contributed by atoms with Gasteiger partial charge in [-0.2, -0.15) is 13.9 Å². The quantitative estimate of drug-likeness (QED) is 0.264. The van der Waals surface area contributed by atoms with Gasteiger partial charge in [-0.05, 0) is 34.9 Å². The number of hydrogen-bond donors (Lipinski definition) is 2. The average Bonchev–Trinajstić information content (AvgIpc) is 3.22. The van der Waals surface area contributed by atoms with Gasteiger partial charge in [-0.25, -0.2) is 0 Å². The Kier molecular flexibility index (Phi) is 9.52. The molecule has 6 nitrogen and oxygen atoms in total. The molecule has 3 rings (SSSR count). The summed E-state index contributed by atoms with van der Waals surface area (Å²) in [5.41, 5.74) is 3.11. The molecule has 0 saturated carbocycles. The molecule has 2 aromatic carbocycles. The van der Waals surface area contributed by atoms with E-state index in [-0.39, 0.29) is 29.7 Å². The lowest BCUT2D eigenvalue weighted by Gasteiger charge is -2.15. The molecule has 160 valence electrons. The number of hydrogen-bond acceptors (Lipinski definition) is 3. The van der Waals surface area contributed by atoms with Gasteiger partial charge < -0.3 is 15.4 Å². The second-order valence-electron chi connectivity index (χ2n) is 6.28. The van der Waals surface area contributed by atoms with Crippen LogP contribution in [-0.4, -0.2) is 29.4 Å². The molecule has 0 atom stereocenters. The molecule has 0 amide bonds. The van der Waals surface area contributed by atoms with Gasteiger partial charge in [-0.1, -0.05) is 36.4 Å². The van der Waals surface area contributed by atoms with E-state index in [1.807, 2.05) is 35.1 Å². The van der Waals surface area contributed by atoms with E-state index in [1.165, 1.54) is 6.07 Å². The molecule has 9 heteroatoms. The van der Waals surface area contributed by atoms with Crippen LogP contribution >= 0.6 is 24.0 Å². The van der Waals surface area contributed by atoms with Crippen molar-refractivity contribution in [2.75, 3.05) is 7.05 Å². The Labute approximate surface area is 191 Å². The van der Waals surface area contributed by atoms with Crippen LogP contribution in [-0.2, 0) is 19.6 Å². The molecule has 0 aliphatic carbocycles. The molecule has 0 fully saturated rings. The van der Waals surface area contributed by atoms with Gasteiger partial charge in [-0.3, -0.25) is 9.67 Å². The first-order valence-electron chi connectivity index (χ1n) is 9.16. The topological polar surface area (TPSA) is 63.5 Å². The van der Waals surface area contributed by atoms with E-state index in [4.69, 9.17) is 0 Å². The molecule has 0 aliphatic heterocycles. The third-order valence-corrected chi connectivity index (χ3v) is 4.26. The number of guanidine groups is 1. The predicted molar refractivity (Wildman–Crippen MR) is 123 cm³/mol. The number of nitrogens with zero attached hydrogens (tertiary/aromatic N) is 3. The second-order valence-corrected chi connectivity index (χ2v) is 6.28. The summed E-state index contributed by atoms with van der Waals surface area (Å²) in [6, 6.07) is 16.6. The summed E-state index contributed by atoms with van der Waals surface area (Å²) in [5, 5.41) is 10.7. The zero-order valence-electron chi connectivity index (χ0n) is 16.5. The monoisotopic (exact) mass is 527 g/mol. The van der Waals surface area contributed by atoms with Gasteiger partial charge in [0.1, 0.15) is 5.75 Å². The fourth-order valence-electron chi connectivity index (χ4n) is 2.87.